The van der Waals surface area contributed by atoms with Gasteiger partial charge in [0.05, 0.1) is 0 Å². The van der Waals surface area contributed by atoms with E-state index in [1.807, 2.05) is 31.2 Å². The standard InChI is InChI=1S/C18H19N3O3/c1-12-6-3-4-7-14(12)11-19-17(23)18(24)21-16-9-5-8-15(10-16)20-13(2)22/h3-10H,11H2,1-2H3,(H,19,23)(H,20,22)(H,21,24). The van der Waals surface area contributed by atoms with Crippen LogP contribution in [0.2, 0.25) is 0 Å². The minimum Gasteiger partial charge on any atom is -0.344 e. The summed E-state index contributed by atoms with van der Waals surface area (Å²) in [7, 11) is 0. The summed E-state index contributed by atoms with van der Waals surface area (Å²) in [5.74, 6) is -1.69. The van der Waals surface area contributed by atoms with Gasteiger partial charge in [-0.25, -0.2) is 0 Å². The molecule has 0 spiro atoms. The number of aryl methyl sites for hydroxylation is 1. The highest BCUT2D eigenvalue weighted by Gasteiger charge is 2.14. The minimum atomic E-state index is -0.761. The molecule has 2 aromatic rings. The first-order valence-corrected chi connectivity index (χ1v) is 7.47. The number of carbonyl (C=O) groups excluding carboxylic acids is 3. The number of nitrogens with one attached hydrogen (secondary N) is 3. The van der Waals surface area contributed by atoms with Crippen LogP contribution in [0.5, 0.6) is 0 Å². The van der Waals surface area contributed by atoms with Crippen molar-refractivity contribution >= 4 is 29.1 Å². The Morgan fingerprint density at radius 1 is 0.875 bits per heavy atom. The van der Waals surface area contributed by atoms with E-state index in [0.717, 1.165) is 11.1 Å². The third-order valence-electron chi connectivity index (χ3n) is 3.35. The Balaban J connectivity index is 1.93. The molecule has 0 saturated carbocycles. The minimum absolute atomic E-state index is 0.213. The zero-order valence-electron chi connectivity index (χ0n) is 13.6. The molecule has 24 heavy (non-hydrogen) atoms. The Morgan fingerprint density at radius 2 is 1.54 bits per heavy atom. The molecule has 0 aliphatic rings. The summed E-state index contributed by atoms with van der Waals surface area (Å²) in [4.78, 5) is 34.9. The van der Waals surface area contributed by atoms with Crippen molar-refractivity contribution in [2.24, 2.45) is 0 Å². The van der Waals surface area contributed by atoms with Crippen molar-refractivity contribution in [1.82, 2.24) is 5.32 Å². The molecule has 0 unspecified atom stereocenters. The number of hydrogen-bond acceptors (Lipinski definition) is 3. The number of rotatable bonds is 4. The molecule has 6 heteroatoms. The summed E-state index contributed by atoms with van der Waals surface area (Å²) in [6, 6.07) is 14.2. The normalized spacial score (nSPS) is 9.92. The van der Waals surface area contributed by atoms with Crippen molar-refractivity contribution in [2.45, 2.75) is 20.4 Å². The molecular weight excluding hydrogens is 306 g/mol. The third-order valence-corrected chi connectivity index (χ3v) is 3.35. The van der Waals surface area contributed by atoms with E-state index in [2.05, 4.69) is 16.0 Å². The fourth-order valence-corrected chi connectivity index (χ4v) is 2.13. The van der Waals surface area contributed by atoms with Gasteiger partial charge in [-0.05, 0) is 36.2 Å². The molecular formula is C18H19N3O3. The molecule has 0 aromatic heterocycles. The molecule has 0 aliphatic heterocycles. The van der Waals surface area contributed by atoms with Crippen molar-refractivity contribution in [2.75, 3.05) is 10.6 Å². The Bertz CT molecular complexity index is 772. The van der Waals surface area contributed by atoms with Crippen LogP contribution in [0.4, 0.5) is 11.4 Å². The second-order valence-electron chi connectivity index (χ2n) is 5.33. The molecule has 0 fully saturated rings. The molecule has 2 aromatic carbocycles. The van der Waals surface area contributed by atoms with E-state index in [4.69, 9.17) is 0 Å². The molecule has 0 saturated heterocycles. The average Bonchev–Trinajstić information content (AvgIpc) is 2.53. The lowest BCUT2D eigenvalue weighted by molar-refractivity contribution is -0.136. The van der Waals surface area contributed by atoms with Crippen LogP contribution in [0.1, 0.15) is 18.1 Å². The highest BCUT2D eigenvalue weighted by Crippen LogP contribution is 2.15. The van der Waals surface area contributed by atoms with E-state index in [9.17, 15) is 14.4 Å². The molecule has 3 amide bonds. The topological polar surface area (TPSA) is 87.3 Å². The van der Waals surface area contributed by atoms with Crippen molar-refractivity contribution in [3.63, 3.8) is 0 Å². The van der Waals surface area contributed by atoms with Gasteiger partial charge in [0, 0.05) is 24.8 Å². The lowest BCUT2D eigenvalue weighted by Crippen LogP contribution is -2.35. The molecule has 2 rings (SSSR count). The third kappa shape index (κ3) is 4.95. The molecule has 3 N–H and O–H groups in total. The van der Waals surface area contributed by atoms with Gasteiger partial charge in [-0.3, -0.25) is 14.4 Å². The number of amides is 3. The van der Waals surface area contributed by atoms with Gasteiger partial charge < -0.3 is 16.0 Å². The first-order valence-electron chi connectivity index (χ1n) is 7.47. The van der Waals surface area contributed by atoms with Gasteiger partial charge in [0.1, 0.15) is 0 Å². The highest BCUT2D eigenvalue weighted by molar-refractivity contribution is 6.39. The van der Waals surface area contributed by atoms with Gasteiger partial charge in [-0.2, -0.15) is 0 Å². The van der Waals surface area contributed by atoms with Gasteiger partial charge in [0.2, 0.25) is 5.91 Å². The van der Waals surface area contributed by atoms with Crippen LogP contribution in [-0.4, -0.2) is 17.7 Å². The van der Waals surface area contributed by atoms with Gasteiger partial charge in [0.15, 0.2) is 0 Å². The first-order chi connectivity index (χ1) is 11.5. The van der Waals surface area contributed by atoms with Crippen LogP contribution in [0, 0.1) is 6.92 Å². The number of benzene rings is 2. The maximum atomic E-state index is 11.9. The summed E-state index contributed by atoms with van der Waals surface area (Å²) in [6.07, 6.45) is 0. The lowest BCUT2D eigenvalue weighted by atomic mass is 10.1. The summed E-state index contributed by atoms with van der Waals surface area (Å²) < 4.78 is 0. The summed E-state index contributed by atoms with van der Waals surface area (Å²) in [5.41, 5.74) is 2.96. The van der Waals surface area contributed by atoms with E-state index in [-0.39, 0.29) is 12.5 Å². The number of carbonyl (C=O) groups is 3. The highest BCUT2D eigenvalue weighted by atomic mass is 16.2. The Labute approximate surface area is 140 Å². The predicted octanol–water partition coefficient (Wildman–Crippen LogP) is 2.21. The number of anilines is 2. The second kappa shape index (κ2) is 7.92. The quantitative estimate of drug-likeness (QED) is 0.753. The maximum Gasteiger partial charge on any atom is 0.313 e. The largest absolute Gasteiger partial charge is 0.344 e. The predicted molar refractivity (Wildman–Crippen MR) is 92.4 cm³/mol. The lowest BCUT2D eigenvalue weighted by Gasteiger charge is -2.09. The monoisotopic (exact) mass is 325 g/mol. The molecule has 124 valence electrons. The molecule has 6 nitrogen and oxygen atoms in total. The smallest absolute Gasteiger partial charge is 0.313 e. The fourth-order valence-electron chi connectivity index (χ4n) is 2.13. The Morgan fingerprint density at radius 3 is 2.21 bits per heavy atom. The zero-order chi connectivity index (χ0) is 17.5. The van der Waals surface area contributed by atoms with E-state index >= 15 is 0 Å². The average molecular weight is 325 g/mol. The fraction of sp³-hybridized carbons (Fsp3) is 0.167. The van der Waals surface area contributed by atoms with Crippen LogP contribution in [0.25, 0.3) is 0 Å². The SMILES string of the molecule is CC(=O)Nc1cccc(NC(=O)C(=O)NCc2ccccc2C)c1. The first kappa shape index (κ1) is 17.2. The summed E-state index contributed by atoms with van der Waals surface area (Å²) in [6.45, 7) is 3.62. The molecule has 0 atom stereocenters. The van der Waals surface area contributed by atoms with Crippen molar-refractivity contribution in [3.05, 3.63) is 59.7 Å². The van der Waals surface area contributed by atoms with Gasteiger partial charge in [-0.15, -0.1) is 0 Å². The molecule has 0 radical (unpaired) electrons. The molecule has 0 aliphatic carbocycles. The Hall–Kier alpha value is -3.15. The second-order valence-corrected chi connectivity index (χ2v) is 5.33. The van der Waals surface area contributed by atoms with E-state index < -0.39 is 11.8 Å². The zero-order valence-corrected chi connectivity index (χ0v) is 13.6. The molecule has 0 heterocycles. The summed E-state index contributed by atoms with van der Waals surface area (Å²) in [5, 5.41) is 7.70. The summed E-state index contributed by atoms with van der Waals surface area (Å²) >= 11 is 0. The van der Waals surface area contributed by atoms with E-state index in [0.29, 0.717) is 11.4 Å². The number of hydrogen-bond donors (Lipinski definition) is 3. The van der Waals surface area contributed by atoms with Crippen molar-refractivity contribution < 1.29 is 14.4 Å². The van der Waals surface area contributed by atoms with Crippen LogP contribution in [0.15, 0.2) is 48.5 Å². The molecule has 0 bridgehead atoms. The Kier molecular flexibility index (Phi) is 5.68. The van der Waals surface area contributed by atoms with Crippen LogP contribution < -0.4 is 16.0 Å². The maximum absolute atomic E-state index is 11.9. The van der Waals surface area contributed by atoms with Gasteiger partial charge in [-0.1, -0.05) is 30.3 Å². The van der Waals surface area contributed by atoms with E-state index in [1.165, 1.54) is 6.92 Å². The van der Waals surface area contributed by atoms with Crippen molar-refractivity contribution in [3.8, 4) is 0 Å². The van der Waals surface area contributed by atoms with Crippen molar-refractivity contribution in [1.29, 1.82) is 0 Å². The van der Waals surface area contributed by atoms with Gasteiger partial charge >= 0.3 is 11.8 Å². The van der Waals surface area contributed by atoms with Gasteiger partial charge in [0.25, 0.3) is 0 Å². The van der Waals surface area contributed by atoms with Crippen LogP contribution >= 0.6 is 0 Å². The van der Waals surface area contributed by atoms with E-state index in [1.54, 1.807) is 24.3 Å². The van der Waals surface area contributed by atoms with Crippen LogP contribution in [-0.2, 0) is 20.9 Å². The van der Waals surface area contributed by atoms with Crippen LogP contribution in [0.3, 0.4) is 0 Å².